The van der Waals surface area contributed by atoms with E-state index in [1.807, 2.05) is 6.92 Å². The number of H-pyrrole nitrogens is 1. The molecule has 1 saturated carbocycles. The molecule has 2 aromatic heterocycles. The Kier molecular flexibility index (Phi) is 3.46. The van der Waals surface area contributed by atoms with Gasteiger partial charge in [-0.25, -0.2) is 4.98 Å². The lowest BCUT2D eigenvalue weighted by molar-refractivity contribution is 0.485. The standard InChI is InChI=1S/C14H22N6/c1-3-5-14(6-7-14)8-16-11-10-12(18-9-17-10)20-13(19-11)15-4-2/h9H,3-8H2,1-2H3,(H3,15,16,17,18,19,20). The van der Waals surface area contributed by atoms with Crippen LogP contribution in [0.4, 0.5) is 11.8 Å². The minimum atomic E-state index is 0.490. The van der Waals surface area contributed by atoms with E-state index >= 15 is 0 Å². The second kappa shape index (κ2) is 5.26. The van der Waals surface area contributed by atoms with Gasteiger partial charge in [0.05, 0.1) is 6.33 Å². The van der Waals surface area contributed by atoms with E-state index in [0.29, 0.717) is 17.0 Å². The summed E-state index contributed by atoms with van der Waals surface area (Å²) < 4.78 is 0. The molecule has 3 rings (SSSR count). The van der Waals surface area contributed by atoms with Crippen molar-refractivity contribution >= 4 is 22.9 Å². The van der Waals surface area contributed by atoms with E-state index in [2.05, 4.69) is 37.5 Å². The van der Waals surface area contributed by atoms with Crippen LogP contribution in [0.15, 0.2) is 6.33 Å². The number of anilines is 2. The molecule has 0 bridgehead atoms. The fourth-order valence-corrected chi connectivity index (χ4v) is 2.69. The van der Waals surface area contributed by atoms with E-state index in [0.717, 1.165) is 24.4 Å². The Labute approximate surface area is 118 Å². The number of aromatic nitrogens is 4. The maximum atomic E-state index is 4.55. The average Bonchev–Trinajstić information content (AvgIpc) is 3.03. The molecule has 3 N–H and O–H groups in total. The van der Waals surface area contributed by atoms with Gasteiger partial charge in [0, 0.05) is 13.1 Å². The van der Waals surface area contributed by atoms with Gasteiger partial charge in [-0.05, 0) is 31.6 Å². The molecule has 0 atom stereocenters. The van der Waals surface area contributed by atoms with E-state index in [-0.39, 0.29) is 0 Å². The molecule has 0 amide bonds. The zero-order valence-corrected chi connectivity index (χ0v) is 12.2. The van der Waals surface area contributed by atoms with Crippen molar-refractivity contribution in [2.24, 2.45) is 5.41 Å². The maximum Gasteiger partial charge on any atom is 0.226 e. The van der Waals surface area contributed by atoms with Gasteiger partial charge in [-0.1, -0.05) is 13.3 Å². The summed E-state index contributed by atoms with van der Waals surface area (Å²) in [5.74, 6) is 1.49. The first kappa shape index (κ1) is 13.1. The molecular weight excluding hydrogens is 252 g/mol. The summed E-state index contributed by atoms with van der Waals surface area (Å²) in [5.41, 5.74) is 2.09. The Morgan fingerprint density at radius 3 is 2.80 bits per heavy atom. The van der Waals surface area contributed by atoms with Crippen LogP contribution in [0, 0.1) is 5.41 Å². The summed E-state index contributed by atoms with van der Waals surface area (Å²) in [5, 5.41) is 6.65. The number of nitrogens with zero attached hydrogens (tertiary/aromatic N) is 3. The molecule has 1 aliphatic rings. The van der Waals surface area contributed by atoms with Gasteiger partial charge >= 0.3 is 0 Å². The zero-order valence-electron chi connectivity index (χ0n) is 12.2. The lowest BCUT2D eigenvalue weighted by Gasteiger charge is -2.16. The summed E-state index contributed by atoms with van der Waals surface area (Å²) in [4.78, 5) is 16.3. The highest BCUT2D eigenvalue weighted by Gasteiger charge is 2.41. The number of rotatable bonds is 7. The second-order valence-electron chi connectivity index (χ2n) is 5.63. The van der Waals surface area contributed by atoms with Gasteiger partial charge in [0.15, 0.2) is 11.5 Å². The average molecular weight is 274 g/mol. The first-order chi connectivity index (χ1) is 9.76. The van der Waals surface area contributed by atoms with Gasteiger partial charge in [-0.15, -0.1) is 0 Å². The Bertz CT molecular complexity index is 586. The van der Waals surface area contributed by atoms with Crippen molar-refractivity contribution < 1.29 is 0 Å². The summed E-state index contributed by atoms with van der Waals surface area (Å²) in [6.45, 7) is 6.07. The van der Waals surface area contributed by atoms with E-state index in [9.17, 15) is 0 Å². The van der Waals surface area contributed by atoms with Crippen LogP contribution in [0.1, 0.15) is 39.5 Å². The lowest BCUT2D eigenvalue weighted by atomic mass is 10.0. The Morgan fingerprint density at radius 1 is 1.25 bits per heavy atom. The largest absolute Gasteiger partial charge is 0.368 e. The van der Waals surface area contributed by atoms with Crippen LogP contribution in [0.5, 0.6) is 0 Å². The Hall–Kier alpha value is -1.85. The van der Waals surface area contributed by atoms with Gasteiger partial charge < -0.3 is 15.6 Å². The van der Waals surface area contributed by atoms with Gasteiger partial charge in [-0.2, -0.15) is 9.97 Å². The first-order valence-corrected chi connectivity index (χ1v) is 7.45. The molecule has 0 aliphatic heterocycles. The van der Waals surface area contributed by atoms with Crippen molar-refractivity contribution in [3.63, 3.8) is 0 Å². The van der Waals surface area contributed by atoms with Crippen LogP contribution >= 0.6 is 0 Å². The highest BCUT2D eigenvalue weighted by Crippen LogP contribution is 2.49. The molecule has 0 spiro atoms. The van der Waals surface area contributed by atoms with Crippen molar-refractivity contribution in [3.8, 4) is 0 Å². The maximum absolute atomic E-state index is 4.55. The molecule has 2 heterocycles. The predicted molar refractivity (Wildman–Crippen MR) is 80.9 cm³/mol. The lowest BCUT2D eigenvalue weighted by Crippen LogP contribution is -2.17. The fraction of sp³-hybridized carbons (Fsp3) is 0.643. The van der Waals surface area contributed by atoms with E-state index < -0.39 is 0 Å². The van der Waals surface area contributed by atoms with Gasteiger partial charge in [0.25, 0.3) is 0 Å². The zero-order chi connectivity index (χ0) is 14.0. The van der Waals surface area contributed by atoms with Crippen molar-refractivity contribution in [2.75, 3.05) is 23.7 Å². The van der Waals surface area contributed by atoms with Gasteiger partial charge in [-0.3, -0.25) is 0 Å². The van der Waals surface area contributed by atoms with Crippen LogP contribution in [0.3, 0.4) is 0 Å². The summed E-state index contributed by atoms with van der Waals surface area (Å²) >= 11 is 0. The third kappa shape index (κ3) is 2.55. The van der Waals surface area contributed by atoms with Crippen molar-refractivity contribution in [3.05, 3.63) is 6.33 Å². The van der Waals surface area contributed by atoms with Gasteiger partial charge in [0.1, 0.15) is 5.52 Å². The molecule has 6 heteroatoms. The number of hydrogen-bond acceptors (Lipinski definition) is 5. The summed E-state index contributed by atoms with van der Waals surface area (Å²) in [7, 11) is 0. The molecular formula is C14H22N6. The van der Waals surface area contributed by atoms with Crippen molar-refractivity contribution in [1.82, 2.24) is 19.9 Å². The van der Waals surface area contributed by atoms with Crippen LogP contribution in [0.2, 0.25) is 0 Å². The molecule has 20 heavy (non-hydrogen) atoms. The van der Waals surface area contributed by atoms with Crippen molar-refractivity contribution in [2.45, 2.75) is 39.5 Å². The smallest absolute Gasteiger partial charge is 0.226 e. The predicted octanol–water partition coefficient (Wildman–Crippen LogP) is 2.78. The SMILES string of the molecule is CCCC1(CNc2nc(NCC)nc3nc[nH]c23)CC1. The van der Waals surface area contributed by atoms with E-state index in [1.165, 1.54) is 25.7 Å². The van der Waals surface area contributed by atoms with E-state index in [1.54, 1.807) is 6.33 Å². The van der Waals surface area contributed by atoms with Crippen LogP contribution in [-0.4, -0.2) is 33.0 Å². The topological polar surface area (TPSA) is 78.5 Å². The molecule has 1 fully saturated rings. The Morgan fingerprint density at radius 2 is 2.10 bits per heavy atom. The molecule has 0 aromatic carbocycles. The molecule has 2 aromatic rings. The normalized spacial score (nSPS) is 16.3. The van der Waals surface area contributed by atoms with Gasteiger partial charge in [0.2, 0.25) is 5.95 Å². The monoisotopic (exact) mass is 274 g/mol. The number of nitrogens with one attached hydrogen (secondary N) is 3. The first-order valence-electron chi connectivity index (χ1n) is 7.45. The summed E-state index contributed by atoms with van der Waals surface area (Å²) in [6.07, 6.45) is 6.85. The minimum absolute atomic E-state index is 0.490. The highest BCUT2D eigenvalue weighted by atomic mass is 15.2. The highest BCUT2D eigenvalue weighted by molar-refractivity contribution is 5.83. The molecule has 0 unspecified atom stereocenters. The molecule has 108 valence electrons. The third-order valence-electron chi connectivity index (χ3n) is 3.99. The Balaban J connectivity index is 1.80. The number of imidazole rings is 1. The molecule has 6 nitrogen and oxygen atoms in total. The van der Waals surface area contributed by atoms with Crippen LogP contribution < -0.4 is 10.6 Å². The number of hydrogen-bond donors (Lipinski definition) is 3. The van der Waals surface area contributed by atoms with E-state index in [4.69, 9.17) is 0 Å². The second-order valence-corrected chi connectivity index (χ2v) is 5.63. The number of fused-ring (bicyclic) bond motifs is 1. The van der Waals surface area contributed by atoms with Crippen LogP contribution in [-0.2, 0) is 0 Å². The van der Waals surface area contributed by atoms with Crippen molar-refractivity contribution in [1.29, 1.82) is 0 Å². The van der Waals surface area contributed by atoms with Crippen LogP contribution in [0.25, 0.3) is 11.2 Å². The quantitative estimate of drug-likeness (QED) is 0.723. The molecule has 0 radical (unpaired) electrons. The number of aromatic amines is 1. The molecule has 1 aliphatic carbocycles. The minimum Gasteiger partial charge on any atom is -0.368 e. The fourth-order valence-electron chi connectivity index (χ4n) is 2.69. The third-order valence-corrected chi connectivity index (χ3v) is 3.99. The summed E-state index contributed by atoms with van der Waals surface area (Å²) in [6, 6.07) is 0. The molecule has 0 saturated heterocycles.